The van der Waals surface area contributed by atoms with Crippen LogP contribution in [0.25, 0.3) is 11.0 Å². The number of halogens is 2. The number of fused-ring (bicyclic) bond motifs is 1. The average molecular weight is 543 g/mol. The van der Waals surface area contributed by atoms with Gasteiger partial charge in [-0.1, -0.05) is 0 Å². The fourth-order valence-corrected chi connectivity index (χ4v) is 5.55. The third kappa shape index (κ3) is 5.44. The Kier molecular flexibility index (Phi) is 7.25. The van der Waals surface area contributed by atoms with E-state index in [4.69, 9.17) is 0 Å². The standard InChI is InChI=1S/C27H32F2N6O4/c1-27(38)11-4-5-21(27)35-23-16(13-20(24(35)37)39-25(28)29)15-30-26(32-23)31-17-6-8-18(9-7-17)34-12-10-19(33(2)3)14-22(34)36/h6-9,13,15,19,21,25,38H,4-5,10-12,14H2,1-3H3,(H,30,31,32)/t19-,21+,27+/m0/s1. The number of carbonyl (C=O) groups excluding carboxylic acids is 1. The molecule has 2 aromatic heterocycles. The van der Waals surface area contributed by atoms with Gasteiger partial charge in [-0.15, -0.1) is 0 Å². The van der Waals surface area contributed by atoms with E-state index in [1.54, 1.807) is 11.8 Å². The number of nitrogens with one attached hydrogen (secondary N) is 1. The number of hydrogen-bond donors (Lipinski definition) is 2. The number of amides is 1. The van der Waals surface area contributed by atoms with Crippen LogP contribution in [0.3, 0.4) is 0 Å². The smallest absolute Gasteiger partial charge is 0.387 e. The largest absolute Gasteiger partial charge is 0.429 e. The summed E-state index contributed by atoms with van der Waals surface area (Å²) in [4.78, 5) is 38.6. The maximum absolute atomic E-state index is 13.2. The third-order valence-electron chi connectivity index (χ3n) is 7.71. The van der Waals surface area contributed by atoms with E-state index < -0.39 is 29.6 Å². The molecule has 0 unspecified atom stereocenters. The van der Waals surface area contributed by atoms with Crippen molar-refractivity contribution >= 4 is 34.3 Å². The van der Waals surface area contributed by atoms with Crippen molar-refractivity contribution in [1.82, 2.24) is 19.4 Å². The second-order valence-corrected chi connectivity index (χ2v) is 10.6. The normalized spacial score (nSPS) is 23.7. The summed E-state index contributed by atoms with van der Waals surface area (Å²) in [5.74, 6) is -0.259. The highest BCUT2D eigenvalue weighted by Gasteiger charge is 2.40. The molecule has 3 heterocycles. The lowest BCUT2D eigenvalue weighted by Crippen LogP contribution is -2.45. The molecule has 1 aliphatic carbocycles. The minimum Gasteiger partial charge on any atom is -0.429 e. The number of rotatable bonds is 7. The zero-order chi connectivity index (χ0) is 27.9. The lowest BCUT2D eigenvalue weighted by Gasteiger charge is -2.34. The van der Waals surface area contributed by atoms with E-state index in [1.807, 2.05) is 38.4 Å². The van der Waals surface area contributed by atoms with Gasteiger partial charge in [-0.25, -0.2) is 4.98 Å². The van der Waals surface area contributed by atoms with Crippen molar-refractivity contribution in [3.05, 3.63) is 46.9 Å². The molecular weight excluding hydrogens is 510 g/mol. The molecule has 0 bridgehead atoms. The highest BCUT2D eigenvalue weighted by molar-refractivity contribution is 5.94. The zero-order valence-electron chi connectivity index (χ0n) is 22.1. The molecule has 3 aromatic rings. The van der Waals surface area contributed by atoms with E-state index in [2.05, 4.69) is 24.9 Å². The van der Waals surface area contributed by atoms with Crippen molar-refractivity contribution in [2.45, 2.75) is 63.3 Å². The number of piperidine rings is 1. The predicted molar refractivity (Wildman–Crippen MR) is 143 cm³/mol. The maximum atomic E-state index is 13.2. The number of anilines is 3. The molecule has 2 N–H and O–H groups in total. The van der Waals surface area contributed by atoms with Crippen LogP contribution in [-0.4, -0.2) is 69.3 Å². The summed E-state index contributed by atoms with van der Waals surface area (Å²) in [5.41, 5.74) is -0.337. The van der Waals surface area contributed by atoms with Crippen LogP contribution in [0.1, 0.15) is 45.1 Å². The van der Waals surface area contributed by atoms with E-state index in [1.165, 1.54) is 16.8 Å². The molecule has 1 aliphatic heterocycles. The summed E-state index contributed by atoms with van der Waals surface area (Å²) in [6.07, 6.45) is 4.40. The second kappa shape index (κ2) is 10.5. The number of benzene rings is 1. The van der Waals surface area contributed by atoms with Crippen LogP contribution < -0.4 is 20.5 Å². The molecule has 5 rings (SSSR count). The number of ether oxygens (including phenoxy) is 1. The van der Waals surface area contributed by atoms with E-state index >= 15 is 0 Å². The van der Waals surface area contributed by atoms with Gasteiger partial charge in [-0.2, -0.15) is 13.8 Å². The second-order valence-electron chi connectivity index (χ2n) is 10.6. The quantitative estimate of drug-likeness (QED) is 0.465. The summed E-state index contributed by atoms with van der Waals surface area (Å²) in [7, 11) is 3.96. The minimum absolute atomic E-state index is 0.0782. The first-order valence-electron chi connectivity index (χ1n) is 13.0. The molecule has 208 valence electrons. The van der Waals surface area contributed by atoms with Crippen molar-refractivity contribution in [1.29, 1.82) is 0 Å². The maximum Gasteiger partial charge on any atom is 0.387 e. The van der Waals surface area contributed by atoms with Gasteiger partial charge in [-0.3, -0.25) is 14.2 Å². The first kappa shape index (κ1) is 26.9. The molecule has 2 aliphatic rings. The average Bonchev–Trinajstić information content (AvgIpc) is 3.23. The summed E-state index contributed by atoms with van der Waals surface area (Å²) in [6, 6.07) is 8.07. The molecule has 1 saturated carbocycles. The van der Waals surface area contributed by atoms with E-state index in [0.717, 1.165) is 12.1 Å². The van der Waals surface area contributed by atoms with Crippen LogP contribution in [0.15, 0.2) is 41.3 Å². The van der Waals surface area contributed by atoms with Crippen LogP contribution in [0, 0.1) is 0 Å². The highest BCUT2D eigenvalue weighted by atomic mass is 19.3. The molecule has 1 amide bonds. The Balaban J connectivity index is 1.43. The Labute approximate surface area is 224 Å². The molecule has 12 heteroatoms. The lowest BCUT2D eigenvalue weighted by atomic mass is 10.00. The van der Waals surface area contributed by atoms with Crippen molar-refractivity contribution in [2.24, 2.45) is 0 Å². The van der Waals surface area contributed by atoms with Crippen LogP contribution >= 0.6 is 0 Å². The summed E-state index contributed by atoms with van der Waals surface area (Å²) in [5, 5.41) is 14.4. The van der Waals surface area contributed by atoms with Gasteiger partial charge in [0.25, 0.3) is 5.56 Å². The Morgan fingerprint density at radius 1 is 1.21 bits per heavy atom. The minimum atomic E-state index is -3.17. The van der Waals surface area contributed by atoms with Gasteiger partial charge in [0.05, 0.1) is 11.6 Å². The van der Waals surface area contributed by atoms with Gasteiger partial charge in [0.2, 0.25) is 11.9 Å². The van der Waals surface area contributed by atoms with Gasteiger partial charge in [-0.05, 0) is 77.0 Å². The molecule has 39 heavy (non-hydrogen) atoms. The zero-order valence-corrected chi connectivity index (χ0v) is 22.1. The molecule has 0 radical (unpaired) electrons. The van der Waals surface area contributed by atoms with E-state index in [-0.39, 0.29) is 23.5 Å². The first-order valence-corrected chi connectivity index (χ1v) is 13.0. The van der Waals surface area contributed by atoms with Crippen molar-refractivity contribution < 1.29 is 23.4 Å². The monoisotopic (exact) mass is 542 g/mol. The number of aliphatic hydroxyl groups is 1. The van der Waals surface area contributed by atoms with Crippen LogP contribution in [-0.2, 0) is 4.79 Å². The van der Waals surface area contributed by atoms with Gasteiger partial charge in [0.1, 0.15) is 5.65 Å². The number of alkyl halides is 2. The number of carbonyl (C=O) groups is 1. The Morgan fingerprint density at radius 2 is 1.95 bits per heavy atom. The third-order valence-corrected chi connectivity index (χ3v) is 7.71. The number of aromatic nitrogens is 3. The van der Waals surface area contributed by atoms with Crippen molar-refractivity contribution in [2.75, 3.05) is 30.9 Å². The number of nitrogens with zero attached hydrogens (tertiary/aromatic N) is 5. The summed E-state index contributed by atoms with van der Waals surface area (Å²) >= 11 is 0. The number of hydrogen-bond acceptors (Lipinski definition) is 8. The van der Waals surface area contributed by atoms with E-state index in [9.17, 15) is 23.5 Å². The van der Waals surface area contributed by atoms with Gasteiger partial charge in [0.15, 0.2) is 5.75 Å². The predicted octanol–water partition coefficient (Wildman–Crippen LogP) is 3.67. The lowest BCUT2D eigenvalue weighted by molar-refractivity contribution is -0.120. The Bertz CT molecular complexity index is 1430. The van der Waals surface area contributed by atoms with E-state index in [0.29, 0.717) is 43.3 Å². The van der Waals surface area contributed by atoms with Crippen LogP contribution in [0.5, 0.6) is 5.75 Å². The summed E-state index contributed by atoms with van der Waals surface area (Å²) < 4.78 is 31.7. The first-order chi connectivity index (χ1) is 18.5. The Morgan fingerprint density at radius 3 is 2.56 bits per heavy atom. The molecule has 2 fully saturated rings. The van der Waals surface area contributed by atoms with Crippen molar-refractivity contribution in [3.8, 4) is 5.75 Å². The van der Waals surface area contributed by atoms with Gasteiger partial charge >= 0.3 is 6.61 Å². The molecule has 1 saturated heterocycles. The molecule has 10 nitrogen and oxygen atoms in total. The van der Waals surface area contributed by atoms with Gasteiger partial charge < -0.3 is 25.0 Å². The molecule has 1 aromatic carbocycles. The fourth-order valence-electron chi connectivity index (χ4n) is 5.55. The topological polar surface area (TPSA) is 113 Å². The fraction of sp³-hybridized carbons (Fsp3) is 0.481. The van der Waals surface area contributed by atoms with Crippen molar-refractivity contribution in [3.63, 3.8) is 0 Å². The summed E-state index contributed by atoms with van der Waals surface area (Å²) in [6.45, 7) is -0.909. The van der Waals surface area contributed by atoms with Gasteiger partial charge in [0, 0.05) is 42.0 Å². The number of pyridine rings is 1. The van der Waals surface area contributed by atoms with Crippen LogP contribution in [0.2, 0.25) is 0 Å². The Hall–Kier alpha value is -3.64. The van der Waals surface area contributed by atoms with Crippen LogP contribution in [0.4, 0.5) is 26.1 Å². The highest BCUT2D eigenvalue weighted by Crippen LogP contribution is 2.40. The SMILES string of the molecule is CN(C)[C@H]1CCN(c2ccc(Nc3ncc4cc(OC(F)F)c(=O)n([C@@H]5CCC[C@@]5(C)O)c4n3)cc2)C(=O)C1. The molecule has 0 spiro atoms. The molecular formula is C27H32F2N6O4. The molecule has 3 atom stereocenters.